The summed E-state index contributed by atoms with van der Waals surface area (Å²) < 4.78 is 12.3. The van der Waals surface area contributed by atoms with E-state index in [4.69, 9.17) is 14.5 Å². The molecular weight excluding hydrogens is 342 g/mol. The summed E-state index contributed by atoms with van der Waals surface area (Å²) in [6, 6.07) is 12.4. The smallest absolute Gasteiger partial charge is 0.119 e. The van der Waals surface area contributed by atoms with Crippen LogP contribution in [0.1, 0.15) is 37.5 Å². The third-order valence-electron chi connectivity index (χ3n) is 4.72. The minimum Gasteiger partial charge on any atom is -0.497 e. The molecule has 3 nitrogen and oxygen atoms in total. The SMILES string of the molecule is COc1ccc(N=C(c2c3c(cc4sccc24)COC3)C(C)(C)C)cc1. The van der Waals surface area contributed by atoms with Crippen LogP contribution in [0, 0.1) is 5.41 Å². The molecule has 0 atom stereocenters. The number of benzene rings is 2. The monoisotopic (exact) mass is 365 g/mol. The van der Waals surface area contributed by atoms with Crippen molar-refractivity contribution in [2.24, 2.45) is 10.4 Å². The van der Waals surface area contributed by atoms with Crippen LogP contribution in [0.15, 0.2) is 46.8 Å². The van der Waals surface area contributed by atoms with E-state index in [0.29, 0.717) is 13.2 Å². The van der Waals surface area contributed by atoms with Crippen molar-refractivity contribution in [3.8, 4) is 5.75 Å². The van der Waals surface area contributed by atoms with E-state index in [-0.39, 0.29) is 5.41 Å². The first kappa shape index (κ1) is 17.3. The summed E-state index contributed by atoms with van der Waals surface area (Å²) in [6.07, 6.45) is 0. The summed E-state index contributed by atoms with van der Waals surface area (Å²) in [6.45, 7) is 8.03. The summed E-state index contributed by atoms with van der Waals surface area (Å²) in [5.74, 6) is 0.843. The van der Waals surface area contributed by atoms with E-state index in [1.807, 2.05) is 24.3 Å². The van der Waals surface area contributed by atoms with Gasteiger partial charge in [-0.25, -0.2) is 0 Å². The van der Waals surface area contributed by atoms with Crippen molar-refractivity contribution < 1.29 is 9.47 Å². The summed E-state index contributed by atoms with van der Waals surface area (Å²) in [4.78, 5) is 5.09. The van der Waals surface area contributed by atoms with Gasteiger partial charge < -0.3 is 9.47 Å². The molecule has 0 amide bonds. The van der Waals surface area contributed by atoms with Gasteiger partial charge in [0.05, 0.1) is 31.7 Å². The van der Waals surface area contributed by atoms with E-state index >= 15 is 0 Å². The zero-order valence-corrected chi connectivity index (χ0v) is 16.4. The molecule has 0 N–H and O–H groups in total. The standard InChI is InChI=1S/C22H23NO2S/c1-22(2,3)21(23-15-5-7-16(24-4)8-6-15)20-17-9-10-26-19(17)11-14-12-25-13-18(14)20/h5-11H,12-13H2,1-4H3. The highest BCUT2D eigenvalue weighted by atomic mass is 32.1. The highest BCUT2D eigenvalue weighted by Crippen LogP contribution is 2.38. The number of ether oxygens (including phenoxy) is 2. The average molecular weight is 365 g/mol. The molecule has 2 aromatic carbocycles. The van der Waals surface area contributed by atoms with Crippen molar-refractivity contribution in [3.05, 3.63) is 58.5 Å². The minimum absolute atomic E-state index is 0.0908. The van der Waals surface area contributed by atoms with Crippen LogP contribution in [0.25, 0.3) is 10.1 Å². The Bertz CT molecular complexity index is 978. The molecule has 0 unspecified atom stereocenters. The Morgan fingerprint density at radius 2 is 1.88 bits per heavy atom. The molecule has 0 bridgehead atoms. The van der Waals surface area contributed by atoms with Gasteiger partial charge in [0.2, 0.25) is 0 Å². The lowest BCUT2D eigenvalue weighted by Gasteiger charge is -2.24. The Morgan fingerprint density at radius 3 is 2.58 bits per heavy atom. The molecule has 0 spiro atoms. The third-order valence-corrected chi connectivity index (χ3v) is 5.59. The van der Waals surface area contributed by atoms with E-state index in [2.05, 4.69) is 38.3 Å². The van der Waals surface area contributed by atoms with Crippen LogP contribution in [0.3, 0.4) is 0 Å². The first-order valence-electron chi connectivity index (χ1n) is 8.80. The zero-order valence-electron chi connectivity index (χ0n) is 15.6. The molecule has 134 valence electrons. The second kappa shape index (κ2) is 6.53. The lowest BCUT2D eigenvalue weighted by atomic mass is 9.81. The molecule has 3 aromatic rings. The molecule has 1 aliphatic rings. The van der Waals surface area contributed by atoms with E-state index < -0.39 is 0 Å². The molecule has 0 radical (unpaired) electrons. The number of aliphatic imine (C=N–C) groups is 1. The van der Waals surface area contributed by atoms with E-state index in [0.717, 1.165) is 17.1 Å². The topological polar surface area (TPSA) is 30.8 Å². The number of nitrogens with zero attached hydrogens (tertiary/aromatic N) is 1. The van der Waals surface area contributed by atoms with Crippen LogP contribution in [-0.2, 0) is 18.0 Å². The number of rotatable bonds is 3. The minimum atomic E-state index is -0.0908. The van der Waals surface area contributed by atoms with E-state index in [9.17, 15) is 0 Å². The highest BCUT2D eigenvalue weighted by Gasteiger charge is 2.29. The van der Waals surface area contributed by atoms with Gasteiger partial charge in [0, 0.05) is 21.1 Å². The predicted molar refractivity (Wildman–Crippen MR) is 109 cm³/mol. The van der Waals surface area contributed by atoms with Gasteiger partial charge in [-0.15, -0.1) is 11.3 Å². The first-order chi connectivity index (χ1) is 12.5. The lowest BCUT2D eigenvalue weighted by molar-refractivity contribution is 0.134. The molecule has 26 heavy (non-hydrogen) atoms. The van der Waals surface area contributed by atoms with Gasteiger partial charge in [-0.1, -0.05) is 20.8 Å². The fraction of sp³-hybridized carbons (Fsp3) is 0.318. The molecular formula is C22H23NO2S. The van der Waals surface area contributed by atoms with Crippen molar-refractivity contribution in [3.63, 3.8) is 0 Å². The zero-order chi connectivity index (χ0) is 18.3. The Balaban J connectivity index is 1.95. The number of fused-ring (bicyclic) bond motifs is 2. The maximum absolute atomic E-state index is 5.77. The molecule has 0 fully saturated rings. The predicted octanol–water partition coefficient (Wildman–Crippen LogP) is 6.11. The summed E-state index contributed by atoms with van der Waals surface area (Å²) in [5, 5.41) is 3.44. The number of hydrogen-bond acceptors (Lipinski definition) is 4. The third kappa shape index (κ3) is 3.04. The number of thiophene rings is 1. The number of methoxy groups -OCH3 is 1. The van der Waals surface area contributed by atoms with Crippen molar-refractivity contribution >= 4 is 32.8 Å². The van der Waals surface area contributed by atoms with Crippen LogP contribution in [-0.4, -0.2) is 12.8 Å². The number of hydrogen-bond donors (Lipinski definition) is 0. The van der Waals surface area contributed by atoms with Crippen LogP contribution in [0.4, 0.5) is 5.69 Å². The second-order valence-corrected chi connectivity index (χ2v) is 8.57. The van der Waals surface area contributed by atoms with Gasteiger partial charge in [-0.3, -0.25) is 4.99 Å². The van der Waals surface area contributed by atoms with Crippen molar-refractivity contribution in [1.29, 1.82) is 0 Å². The Kier molecular flexibility index (Phi) is 4.33. The van der Waals surface area contributed by atoms with E-state index in [1.165, 1.54) is 26.8 Å². The molecule has 0 saturated heterocycles. The van der Waals surface area contributed by atoms with Crippen LogP contribution in [0.2, 0.25) is 0 Å². The summed E-state index contributed by atoms with van der Waals surface area (Å²) in [7, 11) is 1.68. The molecule has 4 heteroatoms. The van der Waals surface area contributed by atoms with Crippen LogP contribution < -0.4 is 4.74 Å². The largest absolute Gasteiger partial charge is 0.497 e. The fourth-order valence-electron chi connectivity index (χ4n) is 3.42. The van der Waals surface area contributed by atoms with Crippen molar-refractivity contribution in [1.82, 2.24) is 0 Å². The molecule has 0 saturated carbocycles. The van der Waals surface area contributed by atoms with E-state index in [1.54, 1.807) is 18.4 Å². The molecule has 0 aliphatic carbocycles. The maximum Gasteiger partial charge on any atom is 0.119 e. The van der Waals surface area contributed by atoms with Gasteiger partial charge >= 0.3 is 0 Å². The van der Waals surface area contributed by atoms with Gasteiger partial charge in [-0.05, 0) is 52.9 Å². The maximum atomic E-state index is 5.77. The fourth-order valence-corrected chi connectivity index (χ4v) is 4.28. The average Bonchev–Trinajstić information content (AvgIpc) is 3.26. The molecule has 2 heterocycles. The summed E-state index contributed by atoms with van der Waals surface area (Å²) >= 11 is 1.78. The summed E-state index contributed by atoms with van der Waals surface area (Å²) in [5.41, 5.74) is 5.79. The van der Waals surface area contributed by atoms with Gasteiger partial charge in [-0.2, -0.15) is 0 Å². The molecule has 4 rings (SSSR count). The van der Waals surface area contributed by atoms with Gasteiger partial charge in [0.1, 0.15) is 5.75 Å². The molecule has 1 aliphatic heterocycles. The Morgan fingerprint density at radius 1 is 1.12 bits per heavy atom. The Hall–Kier alpha value is -2.17. The lowest BCUT2D eigenvalue weighted by Crippen LogP contribution is -2.23. The molecule has 1 aromatic heterocycles. The van der Waals surface area contributed by atoms with Crippen molar-refractivity contribution in [2.45, 2.75) is 34.0 Å². The second-order valence-electron chi connectivity index (χ2n) is 7.62. The normalized spacial score (nSPS) is 14.7. The highest BCUT2D eigenvalue weighted by molar-refractivity contribution is 7.17. The van der Waals surface area contributed by atoms with Gasteiger partial charge in [0.25, 0.3) is 0 Å². The Labute approximate surface area is 158 Å². The van der Waals surface area contributed by atoms with Crippen LogP contribution >= 0.6 is 11.3 Å². The van der Waals surface area contributed by atoms with Crippen LogP contribution in [0.5, 0.6) is 5.75 Å². The quantitative estimate of drug-likeness (QED) is 0.525. The first-order valence-corrected chi connectivity index (χ1v) is 9.68. The van der Waals surface area contributed by atoms with Gasteiger partial charge in [0.15, 0.2) is 0 Å². The van der Waals surface area contributed by atoms with Crippen molar-refractivity contribution in [2.75, 3.05) is 7.11 Å².